The van der Waals surface area contributed by atoms with Crippen molar-refractivity contribution in [1.82, 2.24) is 4.72 Å². The van der Waals surface area contributed by atoms with Crippen molar-refractivity contribution in [2.75, 3.05) is 0 Å². The predicted octanol–water partition coefficient (Wildman–Crippen LogP) is 3.61. The molecule has 1 N–H and O–H groups in total. The van der Waals surface area contributed by atoms with Crippen molar-refractivity contribution in [1.29, 1.82) is 0 Å². The van der Waals surface area contributed by atoms with Crippen LogP contribution in [0.5, 0.6) is 0 Å². The van der Waals surface area contributed by atoms with Crippen LogP contribution in [0.4, 0.5) is 0 Å². The Labute approximate surface area is 129 Å². The summed E-state index contributed by atoms with van der Waals surface area (Å²) in [6, 6.07) is 18.2. The van der Waals surface area contributed by atoms with Gasteiger partial charge in [-0.15, -0.1) is 0 Å². The van der Waals surface area contributed by atoms with Crippen LogP contribution in [0.2, 0.25) is 0 Å². The molecule has 3 aromatic rings. The Morgan fingerprint density at radius 1 is 1.05 bits per heavy atom. The first-order valence-electron chi connectivity index (χ1n) is 7.06. The molecule has 1 heterocycles. The molecular formula is C17H17NO3S. The van der Waals surface area contributed by atoms with E-state index in [1.807, 2.05) is 48.5 Å². The fourth-order valence-electron chi connectivity index (χ4n) is 2.38. The molecule has 3 rings (SSSR count). The van der Waals surface area contributed by atoms with Crippen LogP contribution in [0.1, 0.15) is 24.3 Å². The summed E-state index contributed by atoms with van der Waals surface area (Å²) in [6.07, 6.45) is 0. The maximum atomic E-state index is 12.2. The van der Waals surface area contributed by atoms with Crippen LogP contribution >= 0.6 is 0 Å². The zero-order valence-corrected chi connectivity index (χ0v) is 13.0. The Morgan fingerprint density at radius 2 is 1.73 bits per heavy atom. The third kappa shape index (κ3) is 3.37. The van der Waals surface area contributed by atoms with Gasteiger partial charge in [0.05, 0.1) is 11.8 Å². The smallest absolute Gasteiger partial charge is 0.216 e. The van der Waals surface area contributed by atoms with E-state index in [1.54, 1.807) is 19.1 Å². The van der Waals surface area contributed by atoms with Gasteiger partial charge in [-0.25, -0.2) is 13.1 Å². The summed E-state index contributed by atoms with van der Waals surface area (Å²) in [6.45, 7) is 1.78. The van der Waals surface area contributed by atoms with E-state index in [0.29, 0.717) is 5.76 Å². The number of nitrogens with one attached hydrogen (secondary N) is 1. The second-order valence-corrected chi connectivity index (χ2v) is 7.02. The van der Waals surface area contributed by atoms with Crippen LogP contribution in [0.3, 0.4) is 0 Å². The van der Waals surface area contributed by atoms with Gasteiger partial charge in [0.1, 0.15) is 11.3 Å². The van der Waals surface area contributed by atoms with Crippen molar-refractivity contribution in [2.45, 2.75) is 18.7 Å². The molecule has 22 heavy (non-hydrogen) atoms. The largest absolute Gasteiger partial charge is 0.459 e. The van der Waals surface area contributed by atoms with Gasteiger partial charge in [-0.05, 0) is 24.6 Å². The number of hydrogen-bond acceptors (Lipinski definition) is 3. The molecule has 0 bridgehead atoms. The Bertz CT molecular complexity index is 836. The first kappa shape index (κ1) is 14.8. The molecule has 0 aliphatic heterocycles. The number of rotatable bonds is 5. The SMILES string of the molecule is C[C@H](NS(=O)(=O)Cc1ccccc1)c1cc2ccccc2o1. The number of para-hydroxylation sites is 1. The molecule has 0 spiro atoms. The number of hydrogen-bond donors (Lipinski definition) is 1. The third-order valence-corrected chi connectivity index (χ3v) is 4.85. The second kappa shape index (κ2) is 5.94. The number of furan rings is 1. The average Bonchev–Trinajstić information content (AvgIpc) is 2.91. The van der Waals surface area contributed by atoms with Crippen LogP contribution in [-0.4, -0.2) is 8.42 Å². The van der Waals surface area contributed by atoms with Gasteiger partial charge in [0, 0.05) is 5.39 Å². The normalized spacial score (nSPS) is 13.3. The molecule has 1 atom stereocenters. The monoisotopic (exact) mass is 315 g/mol. The van der Waals surface area contributed by atoms with E-state index in [2.05, 4.69) is 4.72 Å². The van der Waals surface area contributed by atoms with Gasteiger partial charge in [-0.2, -0.15) is 0 Å². The van der Waals surface area contributed by atoms with Crippen LogP contribution < -0.4 is 4.72 Å². The van der Waals surface area contributed by atoms with Gasteiger partial charge < -0.3 is 4.42 Å². The van der Waals surface area contributed by atoms with Gasteiger partial charge in [-0.3, -0.25) is 0 Å². The van der Waals surface area contributed by atoms with Gasteiger partial charge in [0.15, 0.2) is 0 Å². The van der Waals surface area contributed by atoms with Crippen LogP contribution in [0.25, 0.3) is 11.0 Å². The molecule has 4 nitrogen and oxygen atoms in total. The molecule has 0 amide bonds. The van der Waals surface area contributed by atoms with Gasteiger partial charge in [0.25, 0.3) is 0 Å². The van der Waals surface area contributed by atoms with E-state index in [1.165, 1.54) is 0 Å². The molecule has 0 fully saturated rings. The zero-order valence-electron chi connectivity index (χ0n) is 12.2. The minimum absolute atomic E-state index is 0.0432. The van der Waals surface area contributed by atoms with Crippen molar-refractivity contribution in [2.24, 2.45) is 0 Å². The maximum Gasteiger partial charge on any atom is 0.216 e. The standard InChI is InChI=1S/C17H17NO3S/c1-13(17-11-15-9-5-6-10-16(15)21-17)18-22(19,20)12-14-7-3-2-4-8-14/h2-11,13,18H,12H2,1H3/t13-/m0/s1. The van der Waals surface area contributed by atoms with E-state index in [4.69, 9.17) is 4.42 Å². The van der Waals surface area contributed by atoms with Crippen molar-refractivity contribution >= 4 is 21.0 Å². The van der Waals surface area contributed by atoms with Crippen LogP contribution in [-0.2, 0) is 15.8 Å². The summed E-state index contributed by atoms with van der Waals surface area (Å²) < 4.78 is 32.9. The highest BCUT2D eigenvalue weighted by Crippen LogP contribution is 2.24. The van der Waals surface area contributed by atoms with Gasteiger partial charge in [0.2, 0.25) is 10.0 Å². The van der Waals surface area contributed by atoms with E-state index in [0.717, 1.165) is 16.5 Å². The molecule has 0 radical (unpaired) electrons. The quantitative estimate of drug-likeness (QED) is 0.782. The second-order valence-electron chi connectivity index (χ2n) is 5.27. The van der Waals surface area contributed by atoms with E-state index < -0.39 is 16.1 Å². The molecular weight excluding hydrogens is 298 g/mol. The average molecular weight is 315 g/mol. The van der Waals surface area contributed by atoms with E-state index in [-0.39, 0.29) is 5.75 Å². The summed E-state index contributed by atoms with van der Waals surface area (Å²) in [5.74, 6) is 0.566. The molecule has 0 aliphatic carbocycles. The zero-order chi connectivity index (χ0) is 15.6. The Balaban J connectivity index is 1.76. The summed E-state index contributed by atoms with van der Waals surface area (Å²) in [5, 5.41) is 0.964. The lowest BCUT2D eigenvalue weighted by atomic mass is 10.2. The van der Waals surface area contributed by atoms with Gasteiger partial charge >= 0.3 is 0 Å². The summed E-state index contributed by atoms with van der Waals surface area (Å²) in [7, 11) is -3.43. The number of fused-ring (bicyclic) bond motifs is 1. The van der Waals surface area contributed by atoms with Crippen molar-refractivity contribution in [3.8, 4) is 0 Å². The summed E-state index contributed by atoms with van der Waals surface area (Å²) in [4.78, 5) is 0. The van der Waals surface area contributed by atoms with Crippen molar-refractivity contribution in [3.05, 3.63) is 72.0 Å². The molecule has 0 saturated carbocycles. The molecule has 1 aromatic heterocycles. The third-order valence-electron chi connectivity index (χ3n) is 3.43. The first-order valence-corrected chi connectivity index (χ1v) is 8.71. The molecule has 2 aromatic carbocycles. The number of sulfonamides is 1. The van der Waals surface area contributed by atoms with E-state index in [9.17, 15) is 8.42 Å². The van der Waals surface area contributed by atoms with Crippen molar-refractivity contribution < 1.29 is 12.8 Å². The Morgan fingerprint density at radius 3 is 2.45 bits per heavy atom. The van der Waals surface area contributed by atoms with Crippen molar-refractivity contribution in [3.63, 3.8) is 0 Å². The summed E-state index contributed by atoms with van der Waals surface area (Å²) in [5.41, 5.74) is 1.51. The van der Waals surface area contributed by atoms with Crippen LogP contribution in [0, 0.1) is 0 Å². The Hall–Kier alpha value is -2.11. The lowest BCUT2D eigenvalue weighted by Gasteiger charge is -2.12. The minimum atomic E-state index is -3.43. The lowest BCUT2D eigenvalue weighted by Crippen LogP contribution is -2.27. The molecule has 5 heteroatoms. The lowest BCUT2D eigenvalue weighted by molar-refractivity contribution is 0.484. The Kier molecular flexibility index (Phi) is 4.00. The molecule has 0 aliphatic rings. The fraction of sp³-hybridized carbons (Fsp3) is 0.176. The van der Waals surface area contributed by atoms with Gasteiger partial charge in [-0.1, -0.05) is 48.5 Å². The fourth-order valence-corrected chi connectivity index (χ4v) is 3.75. The highest BCUT2D eigenvalue weighted by molar-refractivity contribution is 7.88. The van der Waals surface area contributed by atoms with Crippen LogP contribution in [0.15, 0.2) is 65.1 Å². The number of benzene rings is 2. The molecule has 0 saturated heterocycles. The van der Waals surface area contributed by atoms with E-state index >= 15 is 0 Å². The predicted molar refractivity (Wildman–Crippen MR) is 86.8 cm³/mol. The minimum Gasteiger partial charge on any atom is -0.459 e. The topological polar surface area (TPSA) is 59.3 Å². The molecule has 0 unspecified atom stereocenters. The molecule has 114 valence electrons. The highest BCUT2D eigenvalue weighted by Gasteiger charge is 2.19. The summed E-state index contributed by atoms with van der Waals surface area (Å²) >= 11 is 0. The maximum absolute atomic E-state index is 12.2. The first-order chi connectivity index (χ1) is 10.5. The highest BCUT2D eigenvalue weighted by atomic mass is 32.2.